The second-order valence-corrected chi connectivity index (χ2v) is 8.40. The SMILES string of the molecule is c1ccc(Cc2nnc(SC[C@H]3CSc4nnc(-c5ccccc5)n43)o2)cc1. The Hall–Kier alpha value is -2.58. The van der Waals surface area contributed by atoms with Crippen LogP contribution >= 0.6 is 23.5 Å². The van der Waals surface area contributed by atoms with Crippen molar-refractivity contribution < 1.29 is 4.42 Å². The Labute approximate surface area is 170 Å². The third-order valence-corrected chi connectivity index (χ3v) is 6.56. The van der Waals surface area contributed by atoms with E-state index >= 15 is 0 Å². The summed E-state index contributed by atoms with van der Waals surface area (Å²) in [7, 11) is 0. The second kappa shape index (κ2) is 7.81. The molecule has 0 aliphatic carbocycles. The van der Waals surface area contributed by atoms with Gasteiger partial charge in [0.05, 0.1) is 12.5 Å². The average Bonchev–Trinajstić information content (AvgIpc) is 3.45. The molecule has 4 aromatic rings. The standard InChI is InChI=1S/C20H17N5OS2/c1-3-7-14(8-4-1)11-17-21-24-20(26-17)28-13-16-12-27-19-23-22-18(25(16)19)15-9-5-2-6-10-15/h1-10,16H,11-13H2/t16-/m1/s1. The van der Waals surface area contributed by atoms with Crippen LogP contribution in [0, 0.1) is 0 Å². The third-order valence-electron chi connectivity index (χ3n) is 4.51. The van der Waals surface area contributed by atoms with E-state index in [1.807, 2.05) is 36.4 Å². The molecule has 0 amide bonds. The van der Waals surface area contributed by atoms with Crippen LogP contribution in [0.5, 0.6) is 0 Å². The lowest BCUT2D eigenvalue weighted by Crippen LogP contribution is -2.11. The van der Waals surface area contributed by atoms with Crippen LogP contribution in [0.4, 0.5) is 0 Å². The molecule has 3 heterocycles. The molecule has 0 saturated heterocycles. The summed E-state index contributed by atoms with van der Waals surface area (Å²) < 4.78 is 8.06. The maximum Gasteiger partial charge on any atom is 0.276 e. The van der Waals surface area contributed by atoms with Gasteiger partial charge in [-0.05, 0) is 5.56 Å². The molecule has 5 rings (SSSR count). The van der Waals surface area contributed by atoms with Crippen LogP contribution < -0.4 is 0 Å². The van der Waals surface area contributed by atoms with Crippen molar-refractivity contribution in [3.63, 3.8) is 0 Å². The quantitative estimate of drug-likeness (QED) is 0.440. The highest BCUT2D eigenvalue weighted by molar-refractivity contribution is 8.00. The zero-order valence-corrected chi connectivity index (χ0v) is 16.6. The van der Waals surface area contributed by atoms with Crippen LogP contribution in [-0.2, 0) is 6.42 Å². The summed E-state index contributed by atoms with van der Waals surface area (Å²) in [6.45, 7) is 0. The van der Waals surface area contributed by atoms with Crippen LogP contribution in [0.1, 0.15) is 17.5 Å². The van der Waals surface area contributed by atoms with E-state index in [1.165, 1.54) is 0 Å². The minimum Gasteiger partial charge on any atom is -0.416 e. The predicted octanol–water partition coefficient (Wildman–Crippen LogP) is 4.36. The number of aromatic nitrogens is 5. The molecule has 2 aromatic carbocycles. The maximum atomic E-state index is 5.83. The fourth-order valence-electron chi connectivity index (χ4n) is 3.16. The molecule has 1 aliphatic rings. The zero-order valence-electron chi connectivity index (χ0n) is 14.9. The monoisotopic (exact) mass is 407 g/mol. The van der Waals surface area contributed by atoms with Crippen LogP contribution in [0.25, 0.3) is 11.4 Å². The molecule has 8 heteroatoms. The van der Waals surface area contributed by atoms with Crippen molar-refractivity contribution in [1.29, 1.82) is 0 Å². The van der Waals surface area contributed by atoms with Crippen molar-refractivity contribution >= 4 is 23.5 Å². The molecule has 2 aromatic heterocycles. The molecule has 0 N–H and O–H groups in total. The molecule has 140 valence electrons. The number of nitrogens with zero attached hydrogens (tertiary/aromatic N) is 5. The fourth-order valence-corrected chi connectivity index (χ4v) is 5.25. The molecule has 28 heavy (non-hydrogen) atoms. The van der Waals surface area contributed by atoms with Crippen molar-refractivity contribution in [2.24, 2.45) is 0 Å². The molecule has 0 bridgehead atoms. The van der Waals surface area contributed by atoms with E-state index in [4.69, 9.17) is 4.42 Å². The highest BCUT2D eigenvalue weighted by atomic mass is 32.2. The van der Waals surface area contributed by atoms with E-state index in [1.54, 1.807) is 23.5 Å². The minimum absolute atomic E-state index is 0.291. The van der Waals surface area contributed by atoms with Gasteiger partial charge in [-0.25, -0.2) is 0 Å². The van der Waals surface area contributed by atoms with Gasteiger partial charge in [0, 0.05) is 17.1 Å². The van der Waals surface area contributed by atoms with Gasteiger partial charge in [-0.3, -0.25) is 4.57 Å². The number of hydrogen-bond donors (Lipinski definition) is 0. The van der Waals surface area contributed by atoms with Gasteiger partial charge in [-0.15, -0.1) is 20.4 Å². The zero-order chi connectivity index (χ0) is 18.8. The maximum absolute atomic E-state index is 5.83. The Kier molecular flexibility index (Phi) is 4.88. The molecule has 1 aliphatic heterocycles. The third kappa shape index (κ3) is 3.57. The van der Waals surface area contributed by atoms with Crippen molar-refractivity contribution in [3.8, 4) is 11.4 Å². The lowest BCUT2D eigenvalue weighted by Gasteiger charge is -2.13. The number of thioether (sulfide) groups is 2. The summed E-state index contributed by atoms with van der Waals surface area (Å²) in [5.41, 5.74) is 2.25. The average molecular weight is 408 g/mol. The van der Waals surface area contributed by atoms with Gasteiger partial charge in [0.2, 0.25) is 5.89 Å². The first kappa shape index (κ1) is 17.5. The van der Waals surface area contributed by atoms with Crippen LogP contribution in [-0.4, -0.2) is 36.5 Å². The summed E-state index contributed by atoms with van der Waals surface area (Å²) in [6.07, 6.45) is 0.654. The second-order valence-electron chi connectivity index (χ2n) is 6.44. The first-order valence-electron chi connectivity index (χ1n) is 8.99. The molecule has 6 nitrogen and oxygen atoms in total. The van der Waals surface area contributed by atoms with Gasteiger partial charge in [0.15, 0.2) is 11.0 Å². The Morgan fingerprint density at radius 3 is 2.57 bits per heavy atom. The normalized spacial score (nSPS) is 15.6. The van der Waals surface area contributed by atoms with E-state index in [0.717, 1.165) is 33.6 Å². The summed E-state index contributed by atoms with van der Waals surface area (Å²) in [4.78, 5) is 0. The van der Waals surface area contributed by atoms with E-state index in [2.05, 4.69) is 49.2 Å². The molecule has 0 saturated carbocycles. The number of fused-ring (bicyclic) bond motifs is 1. The molecule has 1 atom stereocenters. The van der Waals surface area contributed by atoms with Gasteiger partial charge >= 0.3 is 0 Å². The highest BCUT2D eigenvalue weighted by Crippen LogP contribution is 2.38. The molecular weight excluding hydrogens is 390 g/mol. The van der Waals surface area contributed by atoms with E-state index in [-0.39, 0.29) is 0 Å². The first-order valence-corrected chi connectivity index (χ1v) is 11.0. The van der Waals surface area contributed by atoms with Crippen LogP contribution in [0.2, 0.25) is 0 Å². The number of hydrogen-bond acceptors (Lipinski definition) is 7. The number of benzene rings is 2. The Morgan fingerprint density at radius 1 is 0.964 bits per heavy atom. The van der Waals surface area contributed by atoms with E-state index in [0.29, 0.717) is 23.6 Å². The molecule has 0 radical (unpaired) electrons. The molecule has 0 spiro atoms. The van der Waals surface area contributed by atoms with Crippen LogP contribution in [0.15, 0.2) is 75.5 Å². The van der Waals surface area contributed by atoms with E-state index < -0.39 is 0 Å². The van der Waals surface area contributed by atoms with Crippen molar-refractivity contribution in [1.82, 2.24) is 25.0 Å². The van der Waals surface area contributed by atoms with Crippen molar-refractivity contribution in [2.45, 2.75) is 22.8 Å². The van der Waals surface area contributed by atoms with Gasteiger partial charge < -0.3 is 4.42 Å². The van der Waals surface area contributed by atoms with Crippen LogP contribution in [0.3, 0.4) is 0 Å². The summed E-state index contributed by atoms with van der Waals surface area (Å²) in [5.74, 6) is 3.37. The van der Waals surface area contributed by atoms with Crippen molar-refractivity contribution in [3.05, 3.63) is 72.1 Å². The van der Waals surface area contributed by atoms with E-state index in [9.17, 15) is 0 Å². The van der Waals surface area contributed by atoms with Gasteiger partial charge in [0.25, 0.3) is 5.22 Å². The predicted molar refractivity (Wildman–Crippen MR) is 109 cm³/mol. The Balaban J connectivity index is 1.28. The van der Waals surface area contributed by atoms with Gasteiger partial charge in [-0.1, -0.05) is 84.2 Å². The molecule has 0 unspecified atom stereocenters. The van der Waals surface area contributed by atoms with Crippen molar-refractivity contribution in [2.75, 3.05) is 11.5 Å². The largest absolute Gasteiger partial charge is 0.416 e. The fraction of sp³-hybridized carbons (Fsp3) is 0.200. The first-order chi connectivity index (χ1) is 13.9. The highest BCUT2D eigenvalue weighted by Gasteiger charge is 2.29. The Morgan fingerprint density at radius 2 is 1.75 bits per heavy atom. The number of rotatable bonds is 6. The van der Waals surface area contributed by atoms with Gasteiger partial charge in [0.1, 0.15) is 0 Å². The minimum atomic E-state index is 0.291. The Bertz CT molecular complexity index is 1060. The molecular formula is C20H17N5OS2. The lowest BCUT2D eigenvalue weighted by molar-refractivity contribution is 0.419. The summed E-state index contributed by atoms with van der Waals surface area (Å²) in [6, 6.07) is 20.6. The summed E-state index contributed by atoms with van der Waals surface area (Å²) >= 11 is 3.33. The lowest BCUT2D eigenvalue weighted by atomic mass is 10.2. The smallest absolute Gasteiger partial charge is 0.276 e. The summed E-state index contributed by atoms with van der Waals surface area (Å²) in [5, 5.41) is 18.7. The molecule has 0 fully saturated rings. The van der Waals surface area contributed by atoms with Gasteiger partial charge in [-0.2, -0.15) is 0 Å². The topological polar surface area (TPSA) is 69.6 Å².